The van der Waals surface area contributed by atoms with Crippen LogP contribution >= 0.6 is 0 Å². The smallest absolute Gasteiger partial charge is 0.236 e. The van der Waals surface area contributed by atoms with Gasteiger partial charge in [0.15, 0.2) is 0 Å². The number of hydrogen-bond acceptors (Lipinski definition) is 3. The molecule has 4 nitrogen and oxygen atoms in total. The van der Waals surface area contributed by atoms with E-state index in [4.69, 9.17) is 4.74 Å². The van der Waals surface area contributed by atoms with Gasteiger partial charge < -0.3 is 15.0 Å². The van der Waals surface area contributed by atoms with Crippen molar-refractivity contribution in [3.8, 4) is 0 Å². The average molecular weight is 226 g/mol. The molecule has 2 aliphatic rings. The normalized spacial score (nSPS) is 22.1. The van der Waals surface area contributed by atoms with Crippen molar-refractivity contribution >= 4 is 5.91 Å². The van der Waals surface area contributed by atoms with Gasteiger partial charge in [0.1, 0.15) is 0 Å². The molecule has 0 radical (unpaired) electrons. The number of hydrogen-bond donors (Lipinski definition) is 1. The molecular formula is C12H22N2O2. The summed E-state index contributed by atoms with van der Waals surface area (Å²) in [5.74, 6) is 1.02. The van der Waals surface area contributed by atoms with Crippen LogP contribution in [0.3, 0.4) is 0 Å². The van der Waals surface area contributed by atoms with Gasteiger partial charge in [-0.25, -0.2) is 0 Å². The number of nitrogens with one attached hydrogen (secondary N) is 1. The molecule has 0 unspecified atom stereocenters. The predicted octanol–water partition coefficient (Wildman–Crippen LogP) is 0.623. The van der Waals surface area contributed by atoms with Crippen LogP contribution in [0.15, 0.2) is 0 Å². The number of carbonyl (C=O) groups is 1. The molecule has 4 heteroatoms. The SMILES string of the molecule is CNCC(=O)N(CC1CC1)C1CCOCC1. The molecule has 1 aliphatic carbocycles. The molecule has 0 bridgehead atoms. The molecule has 0 spiro atoms. The Labute approximate surface area is 97.3 Å². The van der Waals surface area contributed by atoms with E-state index in [1.54, 1.807) is 0 Å². The molecule has 0 aromatic carbocycles. The van der Waals surface area contributed by atoms with Crippen LogP contribution in [0.4, 0.5) is 0 Å². The van der Waals surface area contributed by atoms with E-state index >= 15 is 0 Å². The van der Waals surface area contributed by atoms with E-state index < -0.39 is 0 Å². The van der Waals surface area contributed by atoms with Gasteiger partial charge in [-0.15, -0.1) is 0 Å². The van der Waals surface area contributed by atoms with Crippen LogP contribution in [-0.2, 0) is 9.53 Å². The lowest BCUT2D eigenvalue weighted by Gasteiger charge is -2.34. The summed E-state index contributed by atoms with van der Waals surface area (Å²) in [5, 5.41) is 2.96. The second-order valence-electron chi connectivity index (χ2n) is 4.86. The van der Waals surface area contributed by atoms with Gasteiger partial charge >= 0.3 is 0 Å². The third-order valence-corrected chi connectivity index (χ3v) is 3.43. The second-order valence-corrected chi connectivity index (χ2v) is 4.86. The summed E-state index contributed by atoms with van der Waals surface area (Å²) < 4.78 is 5.36. The Hall–Kier alpha value is -0.610. The Bertz CT molecular complexity index is 235. The first-order valence-corrected chi connectivity index (χ1v) is 6.33. The maximum absolute atomic E-state index is 12.0. The van der Waals surface area contributed by atoms with E-state index in [9.17, 15) is 4.79 Å². The fourth-order valence-electron chi connectivity index (χ4n) is 2.28. The van der Waals surface area contributed by atoms with Gasteiger partial charge in [0, 0.05) is 25.8 Å². The van der Waals surface area contributed by atoms with Gasteiger partial charge in [-0.1, -0.05) is 0 Å². The lowest BCUT2D eigenvalue weighted by molar-refractivity contribution is -0.134. The lowest BCUT2D eigenvalue weighted by atomic mass is 10.1. The Morgan fingerprint density at radius 1 is 1.31 bits per heavy atom. The van der Waals surface area contributed by atoms with Gasteiger partial charge in [0.2, 0.25) is 5.91 Å². The molecule has 1 aliphatic heterocycles. The summed E-state index contributed by atoms with van der Waals surface area (Å²) in [5.41, 5.74) is 0. The molecule has 0 aromatic heterocycles. The topological polar surface area (TPSA) is 41.6 Å². The standard InChI is InChI=1S/C12H22N2O2/c1-13-8-12(15)14(9-10-2-3-10)11-4-6-16-7-5-11/h10-11,13H,2-9H2,1H3. The van der Waals surface area contributed by atoms with Gasteiger partial charge in [0.05, 0.1) is 6.54 Å². The molecule has 1 saturated carbocycles. The predicted molar refractivity (Wildman–Crippen MR) is 62.2 cm³/mol. The van der Waals surface area contributed by atoms with Crippen LogP contribution in [0.1, 0.15) is 25.7 Å². The number of ether oxygens (including phenoxy) is 1. The molecule has 0 atom stereocenters. The van der Waals surface area contributed by atoms with E-state index in [1.807, 2.05) is 7.05 Å². The van der Waals surface area contributed by atoms with Crippen LogP contribution in [0.2, 0.25) is 0 Å². The summed E-state index contributed by atoms with van der Waals surface area (Å²) in [6.45, 7) is 3.03. The second kappa shape index (κ2) is 5.64. The third-order valence-electron chi connectivity index (χ3n) is 3.43. The first kappa shape index (κ1) is 11.9. The van der Waals surface area contributed by atoms with Crippen LogP contribution < -0.4 is 5.32 Å². The Balaban J connectivity index is 1.91. The minimum Gasteiger partial charge on any atom is -0.381 e. The van der Waals surface area contributed by atoms with E-state index in [0.717, 1.165) is 38.5 Å². The molecule has 1 amide bonds. The Morgan fingerprint density at radius 3 is 2.56 bits per heavy atom. The van der Waals surface area contributed by atoms with Crippen LogP contribution in [0.25, 0.3) is 0 Å². The first-order valence-electron chi connectivity index (χ1n) is 6.33. The molecule has 1 heterocycles. The molecule has 0 aromatic rings. The highest BCUT2D eigenvalue weighted by Crippen LogP contribution is 2.31. The summed E-state index contributed by atoms with van der Waals surface area (Å²) in [6, 6.07) is 0.412. The zero-order chi connectivity index (χ0) is 11.4. The molecule has 92 valence electrons. The molecule has 1 saturated heterocycles. The van der Waals surface area contributed by atoms with Gasteiger partial charge in [-0.3, -0.25) is 4.79 Å². The number of rotatable bonds is 5. The maximum atomic E-state index is 12.0. The molecule has 2 rings (SSSR count). The van der Waals surface area contributed by atoms with Crippen molar-refractivity contribution in [3.63, 3.8) is 0 Å². The minimum atomic E-state index is 0.251. The summed E-state index contributed by atoms with van der Waals surface area (Å²) >= 11 is 0. The van der Waals surface area contributed by atoms with Crippen molar-refractivity contribution in [2.75, 3.05) is 33.4 Å². The van der Waals surface area contributed by atoms with Crippen molar-refractivity contribution in [2.45, 2.75) is 31.7 Å². The van der Waals surface area contributed by atoms with Crippen molar-refractivity contribution in [3.05, 3.63) is 0 Å². The van der Waals surface area contributed by atoms with Crippen LogP contribution in [-0.4, -0.2) is 50.2 Å². The van der Waals surface area contributed by atoms with E-state index in [2.05, 4.69) is 10.2 Å². The first-order chi connectivity index (χ1) is 7.81. The number of nitrogens with zero attached hydrogens (tertiary/aromatic N) is 1. The lowest BCUT2D eigenvalue weighted by Crippen LogP contribution is -2.47. The molecular weight excluding hydrogens is 204 g/mol. The largest absolute Gasteiger partial charge is 0.381 e. The zero-order valence-corrected chi connectivity index (χ0v) is 10.1. The van der Waals surface area contributed by atoms with Gasteiger partial charge in [0.25, 0.3) is 0 Å². The summed E-state index contributed by atoms with van der Waals surface area (Å²) in [4.78, 5) is 14.1. The maximum Gasteiger partial charge on any atom is 0.236 e. The molecule has 16 heavy (non-hydrogen) atoms. The number of carbonyl (C=O) groups excluding carboxylic acids is 1. The highest BCUT2D eigenvalue weighted by molar-refractivity contribution is 5.78. The molecule has 1 N–H and O–H groups in total. The Morgan fingerprint density at radius 2 is 2.00 bits per heavy atom. The van der Waals surface area contributed by atoms with Crippen molar-refractivity contribution in [1.29, 1.82) is 0 Å². The van der Waals surface area contributed by atoms with Gasteiger partial charge in [-0.05, 0) is 38.6 Å². The minimum absolute atomic E-state index is 0.251. The third kappa shape index (κ3) is 3.19. The van der Waals surface area contributed by atoms with E-state index in [-0.39, 0.29) is 5.91 Å². The summed E-state index contributed by atoms with van der Waals surface area (Å²) in [6.07, 6.45) is 4.60. The van der Waals surface area contributed by atoms with Crippen molar-refractivity contribution in [2.24, 2.45) is 5.92 Å². The fourth-order valence-corrected chi connectivity index (χ4v) is 2.28. The number of amides is 1. The van der Waals surface area contributed by atoms with Crippen LogP contribution in [0, 0.1) is 5.92 Å². The monoisotopic (exact) mass is 226 g/mol. The summed E-state index contributed by atoms with van der Waals surface area (Å²) in [7, 11) is 1.83. The quantitative estimate of drug-likeness (QED) is 0.747. The van der Waals surface area contributed by atoms with Crippen LogP contribution in [0.5, 0.6) is 0 Å². The highest BCUT2D eigenvalue weighted by Gasteiger charge is 2.31. The Kier molecular flexibility index (Phi) is 4.18. The van der Waals surface area contributed by atoms with E-state index in [0.29, 0.717) is 12.6 Å². The molecule has 2 fully saturated rings. The van der Waals surface area contributed by atoms with Crippen molar-refractivity contribution in [1.82, 2.24) is 10.2 Å². The number of likely N-dealkylation sites (N-methyl/N-ethyl adjacent to an activating group) is 1. The highest BCUT2D eigenvalue weighted by atomic mass is 16.5. The van der Waals surface area contributed by atoms with Gasteiger partial charge in [-0.2, -0.15) is 0 Å². The van der Waals surface area contributed by atoms with E-state index in [1.165, 1.54) is 12.8 Å². The fraction of sp³-hybridized carbons (Fsp3) is 0.917. The zero-order valence-electron chi connectivity index (χ0n) is 10.1. The van der Waals surface area contributed by atoms with Crippen molar-refractivity contribution < 1.29 is 9.53 Å². The average Bonchev–Trinajstić information content (AvgIpc) is 3.11.